The van der Waals surface area contributed by atoms with Crippen molar-refractivity contribution in [1.82, 2.24) is 9.88 Å². The van der Waals surface area contributed by atoms with Gasteiger partial charge in [-0.15, -0.1) is 0 Å². The predicted molar refractivity (Wildman–Crippen MR) is 87.7 cm³/mol. The Labute approximate surface area is 134 Å². The number of nitrogens with zero attached hydrogens (tertiary/aromatic N) is 3. The standard InChI is InChI=1S/C16H21N3O4/c1-4-18(5-2)10-15(20)12-6-7-17-16-13(12)8-11(23-3)9-14(16)19(21)22/h6-9,15,20H,4-5,10H2,1-3H3. The highest BCUT2D eigenvalue weighted by Gasteiger charge is 2.21. The van der Waals surface area contributed by atoms with Crippen molar-refractivity contribution < 1.29 is 14.8 Å². The summed E-state index contributed by atoms with van der Waals surface area (Å²) in [5, 5.41) is 22.4. The Kier molecular flexibility index (Phi) is 5.46. The van der Waals surface area contributed by atoms with E-state index < -0.39 is 11.0 Å². The van der Waals surface area contributed by atoms with Crippen LogP contribution in [0.15, 0.2) is 24.4 Å². The molecular weight excluding hydrogens is 298 g/mol. The molecule has 0 bridgehead atoms. The van der Waals surface area contributed by atoms with Crippen LogP contribution >= 0.6 is 0 Å². The highest BCUT2D eigenvalue weighted by molar-refractivity contribution is 5.91. The number of pyridine rings is 1. The van der Waals surface area contributed by atoms with E-state index in [4.69, 9.17) is 4.74 Å². The second-order valence-corrected chi connectivity index (χ2v) is 5.20. The molecule has 0 aliphatic heterocycles. The topological polar surface area (TPSA) is 88.7 Å². The van der Waals surface area contributed by atoms with Gasteiger partial charge < -0.3 is 14.7 Å². The minimum atomic E-state index is -0.757. The zero-order chi connectivity index (χ0) is 17.0. The maximum atomic E-state index is 11.3. The van der Waals surface area contributed by atoms with Crippen molar-refractivity contribution >= 4 is 16.6 Å². The molecule has 2 rings (SSSR count). The van der Waals surface area contributed by atoms with E-state index in [2.05, 4.69) is 9.88 Å². The van der Waals surface area contributed by atoms with Gasteiger partial charge in [0.1, 0.15) is 11.3 Å². The number of ether oxygens (including phenoxy) is 1. The summed E-state index contributed by atoms with van der Waals surface area (Å²) in [6.07, 6.45) is 0.731. The van der Waals surface area contributed by atoms with Crippen LogP contribution in [0.1, 0.15) is 25.5 Å². The van der Waals surface area contributed by atoms with Crippen molar-refractivity contribution in [3.8, 4) is 5.75 Å². The third-order valence-electron chi connectivity index (χ3n) is 3.95. The fraction of sp³-hybridized carbons (Fsp3) is 0.438. The van der Waals surface area contributed by atoms with Gasteiger partial charge in [0.15, 0.2) is 0 Å². The Hall–Kier alpha value is -2.25. The van der Waals surface area contributed by atoms with E-state index in [0.29, 0.717) is 23.2 Å². The molecular formula is C16H21N3O4. The lowest BCUT2D eigenvalue weighted by atomic mass is 10.0. The zero-order valence-electron chi connectivity index (χ0n) is 13.5. The summed E-state index contributed by atoms with van der Waals surface area (Å²) in [5.74, 6) is 0.369. The molecule has 0 aliphatic carbocycles. The maximum Gasteiger partial charge on any atom is 0.299 e. The van der Waals surface area contributed by atoms with Gasteiger partial charge >= 0.3 is 0 Å². The number of benzene rings is 1. The van der Waals surface area contributed by atoms with Crippen LogP contribution in [0, 0.1) is 10.1 Å². The molecule has 0 aliphatic rings. The van der Waals surface area contributed by atoms with Gasteiger partial charge in [-0.05, 0) is 30.8 Å². The lowest BCUT2D eigenvalue weighted by molar-refractivity contribution is -0.383. The molecule has 124 valence electrons. The summed E-state index contributed by atoms with van der Waals surface area (Å²) in [4.78, 5) is 17.0. The van der Waals surface area contributed by atoms with E-state index in [1.165, 1.54) is 19.4 Å². The molecule has 7 heteroatoms. The van der Waals surface area contributed by atoms with E-state index in [0.717, 1.165) is 13.1 Å². The van der Waals surface area contributed by atoms with Crippen LogP contribution in [0.25, 0.3) is 10.9 Å². The Morgan fingerprint density at radius 3 is 2.65 bits per heavy atom. The monoisotopic (exact) mass is 319 g/mol. The number of nitro benzene ring substituents is 1. The zero-order valence-corrected chi connectivity index (χ0v) is 13.5. The van der Waals surface area contributed by atoms with Crippen molar-refractivity contribution in [2.75, 3.05) is 26.7 Å². The number of aliphatic hydroxyl groups excluding tert-OH is 1. The molecule has 1 atom stereocenters. The van der Waals surface area contributed by atoms with Crippen molar-refractivity contribution in [2.24, 2.45) is 0 Å². The Morgan fingerprint density at radius 2 is 2.09 bits per heavy atom. The first-order valence-electron chi connectivity index (χ1n) is 7.53. The molecule has 1 heterocycles. The Bertz CT molecular complexity index is 701. The second-order valence-electron chi connectivity index (χ2n) is 5.20. The van der Waals surface area contributed by atoms with Crippen LogP contribution in [0.2, 0.25) is 0 Å². The lowest BCUT2D eigenvalue weighted by Gasteiger charge is -2.22. The summed E-state index contributed by atoms with van der Waals surface area (Å²) < 4.78 is 5.15. The lowest BCUT2D eigenvalue weighted by Crippen LogP contribution is -2.28. The molecule has 0 radical (unpaired) electrons. The smallest absolute Gasteiger partial charge is 0.299 e. The van der Waals surface area contributed by atoms with Gasteiger partial charge in [-0.25, -0.2) is 4.98 Å². The van der Waals surface area contributed by atoms with E-state index in [1.807, 2.05) is 13.8 Å². The number of hydrogen-bond acceptors (Lipinski definition) is 6. The van der Waals surface area contributed by atoms with E-state index >= 15 is 0 Å². The first kappa shape index (κ1) is 17.1. The summed E-state index contributed by atoms with van der Waals surface area (Å²) in [6, 6.07) is 4.71. The third kappa shape index (κ3) is 3.57. The fourth-order valence-electron chi connectivity index (χ4n) is 2.60. The first-order chi connectivity index (χ1) is 11.0. The van der Waals surface area contributed by atoms with Crippen molar-refractivity contribution in [3.63, 3.8) is 0 Å². The highest BCUT2D eigenvalue weighted by Crippen LogP contribution is 2.33. The molecule has 1 aromatic carbocycles. The number of nitro groups is 1. The number of methoxy groups -OCH3 is 1. The van der Waals surface area contributed by atoms with Crippen LogP contribution < -0.4 is 4.74 Å². The van der Waals surface area contributed by atoms with Crippen molar-refractivity contribution in [1.29, 1.82) is 0 Å². The van der Waals surface area contributed by atoms with Gasteiger partial charge in [0.05, 0.1) is 24.2 Å². The number of hydrogen-bond donors (Lipinski definition) is 1. The normalized spacial score (nSPS) is 12.6. The van der Waals surface area contributed by atoms with Gasteiger partial charge in [-0.2, -0.15) is 0 Å². The molecule has 1 unspecified atom stereocenters. The van der Waals surface area contributed by atoms with Crippen LogP contribution in [0.5, 0.6) is 5.75 Å². The molecule has 0 saturated heterocycles. The molecule has 0 spiro atoms. The predicted octanol–water partition coefficient (Wildman–Crippen LogP) is 2.53. The summed E-state index contributed by atoms with van der Waals surface area (Å²) in [7, 11) is 1.45. The Balaban J connectivity index is 2.56. The summed E-state index contributed by atoms with van der Waals surface area (Å²) in [5.41, 5.74) is 0.743. The minimum absolute atomic E-state index is 0.128. The SMILES string of the molecule is CCN(CC)CC(O)c1ccnc2c([N+](=O)[O-])cc(OC)cc12. The molecule has 0 amide bonds. The molecule has 2 aromatic rings. The van der Waals surface area contributed by atoms with Gasteiger partial charge in [0.2, 0.25) is 0 Å². The second kappa shape index (κ2) is 7.34. The van der Waals surface area contributed by atoms with Gasteiger partial charge in [0, 0.05) is 18.1 Å². The van der Waals surface area contributed by atoms with E-state index in [-0.39, 0.29) is 11.2 Å². The molecule has 1 N–H and O–H groups in total. The van der Waals surface area contributed by atoms with Crippen molar-refractivity contribution in [3.05, 3.63) is 40.1 Å². The number of rotatable bonds is 7. The van der Waals surface area contributed by atoms with Gasteiger partial charge in [-0.1, -0.05) is 13.8 Å². The van der Waals surface area contributed by atoms with Crippen LogP contribution in [0.4, 0.5) is 5.69 Å². The van der Waals surface area contributed by atoms with Gasteiger partial charge in [-0.3, -0.25) is 10.1 Å². The fourth-order valence-corrected chi connectivity index (χ4v) is 2.60. The number of likely N-dealkylation sites (N-methyl/N-ethyl adjacent to an activating group) is 1. The number of non-ortho nitro benzene ring substituents is 1. The maximum absolute atomic E-state index is 11.3. The summed E-state index contributed by atoms with van der Waals surface area (Å²) in [6.45, 7) is 6.14. The van der Waals surface area contributed by atoms with Crippen LogP contribution in [-0.4, -0.2) is 46.7 Å². The van der Waals surface area contributed by atoms with Crippen molar-refractivity contribution in [2.45, 2.75) is 20.0 Å². The van der Waals surface area contributed by atoms with E-state index in [1.54, 1.807) is 12.1 Å². The van der Waals surface area contributed by atoms with Gasteiger partial charge in [0.25, 0.3) is 5.69 Å². The van der Waals surface area contributed by atoms with E-state index in [9.17, 15) is 15.2 Å². The van der Waals surface area contributed by atoms with Crippen LogP contribution in [-0.2, 0) is 0 Å². The minimum Gasteiger partial charge on any atom is -0.496 e. The highest BCUT2D eigenvalue weighted by atomic mass is 16.6. The average molecular weight is 319 g/mol. The quantitative estimate of drug-likeness (QED) is 0.623. The average Bonchev–Trinajstić information content (AvgIpc) is 2.57. The summed E-state index contributed by atoms with van der Waals surface area (Å²) >= 11 is 0. The first-order valence-corrected chi connectivity index (χ1v) is 7.53. The molecule has 1 aromatic heterocycles. The number of aliphatic hydroxyl groups is 1. The van der Waals surface area contributed by atoms with Crippen LogP contribution in [0.3, 0.4) is 0 Å². The number of aromatic nitrogens is 1. The molecule has 23 heavy (non-hydrogen) atoms. The Morgan fingerprint density at radius 1 is 1.39 bits per heavy atom. The molecule has 0 saturated carbocycles. The molecule has 7 nitrogen and oxygen atoms in total. The largest absolute Gasteiger partial charge is 0.496 e. The number of fused-ring (bicyclic) bond motifs is 1. The third-order valence-corrected chi connectivity index (χ3v) is 3.95. The molecule has 0 fully saturated rings.